The number of hydrogen-bond donors (Lipinski definition) is 1. The molecule has 0 radical (unpaired) electrons. The van der Waals surface area contributed by atoms with Crippen molar-refractivity contribution in [3.05, 3.63) is 59.4 Å². The quantitative estimate of drug-likeness (QED) is 0.801. The highest BCUT2D eigenvalue weighted by Crippen LogP contribution is 2.27. The van der Waals surface area contributed by atoms with E-state index in [9.17, 15) is 9.90 Å². The van der Waals surface area contributed by atoms with Gasteiger partial charge in [-0.15, -0.1) is 0 Å². The van der Waals surface area contributed by atoms with Crippen LogP contribution in [-0.4, -0.2) is 20.9 Å². The molecule has 0 aliphatic heterocycles. The first-order chi connectivity index (χ1) is 9.66. The Bertz CT molecular complexity index is 745. The predicted octanol–water partition coefficient (Wildman–Crippen LogP) is 3.48. The highest BCUT2D eigenvalue weighted by molar-refractivity contribution is 6.30. The zero-order valence-corrected chi connectivity index (χ0v) is 10.9. The fourth-order valence-electron chi connectivity index (χ4n) is 1.93. The van der Waals surface area contributed by atoms with Gasteiger partial charge in [-0.05, 0) is 36.4 Å². The Labute approximate surface area is 119 Å². The van der Waals surface area contributed by atoms with Crippen molar-refractivity contribution in [2.24, 2.45) is 0 Å². The lowest BCUT2D eigenvalue weighted by molar-refractivity contribution is 0.0697. The van der Waals surface area contributed by atoms with Crippen molar-refractivity contribution < 1.29 is 14.3 Å². The highest BCUT2D eigenvalue weighted by Gasteiger charge is 2.21. The molecule has 0 aliphatic carbocycles. The third kappa shape index (κ3) is 2.08. The molecule has 6 heteroatoms. The zero-order valence-electron chi connectivity index (χ0n) is 10.2. The van der Waals surface area contributed by atoms with E-state index < -0.39 is 5.97 Å². The number of carbonyl (C=O) groups is 1. The molecule has 0 amide bonds. The maximum absolute atomic E-state index is 11.3. The summed E-state index contributed by atoms with van der Waals surface area (Å²) < 4.78 is 6.82. The highest BCUT2D eigenvalue weighted by atomic mass is 35.5. The van der Waals surface area contributed by atoms with E-state index in [1.54, 1.807) is 36.4 Å². The number of hydrogen-bond acceptors (Lipinski definition) is 3. The molecule has 2 aromatic heterocycles. The zero-order chi connectivity index (χ0) is 14.1. The maximum Gasteiger partial charge on any atom is 0.339 e. The third-order valence-corrected chi connectivity index (χ3v) is 3.08. The molecular formula is C14H9ClN2O3. The van der Waals surface area contributed by atoms with E-state index in [0.29, 0.717) is 22.2 Å². The number of carboxylic acids is 1. The Balaban J connectivity index is 2.21. The molecule has 3 rings (SSSR count). The Hall–Kier alpha value is -2.53. The van der Waals surface area contributed by atoms with Gasteiger partial charge in [0, 0.05) is 5.02 Å². The molecule has 3 aromatic rings. The van der Waals surface area contributed by atoms with Crippen molar-refractivity contribution in [2.45, 2.75) is 0 Å². The summed E-state index contributed by atoms with van der Waals surface area (Å²) in [5.41, 5.74) is 1.17. The standard InChI is InChI=1S/C14H9ClN2O3/c15-9-3-5-10(6-4-9)17-13(12-2-1-7-20-12)11(8-16-17)14(18)19/h1-8H,(H,18,19). The van der Waals surface area contributed by atoms with Gasteiger partial charge in [-0.25, -0.2) is 9.48 Å². The minimum absolute atomic E-state index is 0.0786. The van der Waals surface area contributed by atoms with Crippen molar-refractivity contribution in [2.75, 3.05) is 0 Å². The van der Waals surface area contributed by atoms with Gasteiger partial charge in [0.05, 0.1) is 18.1 Å². The summed E-state index contributed by atoms with van der Waals surface area (Å²) in [7, 11) is 0. The summed E-state index contributed by atoms with van der Waals surface area (Å²) in [6.07, 6.45) is 2.79. The monoisotopic (exact) mass is 288 g/mol. The third-order valence-electron chi connectivity index (χ3n) is 2.83. The second-order valence-corrected chi connectivity index (χ2v) is 4.51. The normalized spacial score (nSPS) is 10.7. The number of aromatic carboxylic acids is 1. The second kappa shape index (κ2) is 4.86. The Kier molecular flexibility index (Phi) is 3.04. The van der Waals surface area contributed by atoms with E-state index >= 15 is 0 Å². The number of nitrogens with zero attached hydrogens (tertiary/aromatic N) is 2. The molecule has 0 fully saturated rings. The summed E-state index contributed by atoms with van der Waals surface area (Å²) >= 11 is 5.85. The van der Waals surface area contributed by atoms with Crippen LogP contribution < -0.4 is 0 Å². The lowest BCUT2D eigenvalue weighted by atomic mass is 10.2. The molecule has 1 aromatic carbocycles. The van der Waals surface area contributed by atoms with Gasteiger partial charge in [-0.3, -0.25) is 0 Å². The van der Waals surface area contributed by atoms with Crippen LogP contribution in [0.25, 0.3) is 17.1 Å². The van der Waals surface area contributed by atoms with Crippen molar-refractivity contribution >= 4 is 17.6 Å². The molecule has 0 saturated heterocycles. The molecule has 0 spiro atoms. The molecule has 5 nitrogen and oxygen atoms in total. The van der Waals surface area contributed by atoms with Crippen LogP contribution in [0.15, 0.2) is 53.3 Å². The Morgan fingerprint density at radius 3 is 2.60 bits per heavy atom. The maximum atomic E-state index is 11.3. The fourth-order valence-corrected chi connectivity index (χ4v) is 2.06. The molecule has 0 unspecified atom stereocenters. The van der Waals surface area contributed by atoms with Crippen LogP contribution in [0, 0.1) is 0 Å². The molecular weight excluding hydrogens is 280 g/mol. The van der Waals surface area contributed by atoms with Gasteiger partial charge in [0.15, 0.2) is 5.76 Å². The average Bonchev–Trinajstić information content (AvgIpc) is 3.08. The van der Waals surface area contributed by atoms with Crippen LogP contribution in [-0.2, 0) is 0 Å². The van der Waals surface area contributed by atoms with Crippen LogP contribution in [0.2, 0.25) is 5.02 Å². The minimum Gasteiger partial charge on any atom is -0.478 e. The van der Waals surface area contributed by atoms with Crippen molar-refractivity contribution in [3.8, 4) is 17.1 Å². The number of aromatic nitrogens is 2. The van der Waals surface area contributed by atoms with E-state index in [-0.39, 0.29) is 5.56 Å². The largest absolute Gasteiger partial charge is 0.478 e. The summed E-state index contributed by atoms with van der Waals surface area (Å²) in [6, 6.07) is 10.3. The van der Waals surface area contributed by atoms with Gasteiger partial charge >= 0.3 is 5.97 Å². The van der Waals surface area contributed by atoms with Crippen LogP contribution in [0.5, 0.6) is 0 Å². The lowest BCUT2D eigenvalue weighted by Gasteiger charge is -2.06. The Morgan fingerprint density at radius 2 is 2.00 bits per heavy atom. The second-order valence-electron chi connectivity index (χ2n) is 4.08. The minimum atomic E-state index is -1.06. The first-order valence-corrected chi connectivity index (χ1v) is 6.16. The summed E-state index contributed by atoms with van der Waals surface area (Å²) in [4.78, 5) is 11.3. The first-order valence-electron chi connectivity index (χ1n) is 5.78. The smallest absolute Gasteiger partial charge is 0.339 e. The number of rotatable bonds is 3. The number of furan rings is 1. The average molecular weight is 289 g/mol. The molecule has 1 N–H and O–H groups in total. The molecule has 0 saturated carbocycles. The van der Waals surface area contributed by atoms with Crippen LogP contribution in [0.1, 0.15) is 10.4 Å². The molecule has 0 atom stereocenters. The van der Waals surface area contributed by atoms with Crippen LogP contribution >= 0.6 is 11.6 Å². The first kappa shape index (κ1) is 12.5. The molecule has 100 valence electrons. The molecule has 2 heterocycles. The summed E-state index contributed by atoms with van der Waals surface area (Å²) in [6.45, 7) is 0. The topological polar surface area (TPSA) is 68.3 Å². The fraction of sp³-hybridized carbons (Fsp3) is 0. The SMILES string of the molecule is O=C(O)c1cnn(-c2ccc(Cl)cc2)c1-c1ccco1. The van der Waals surface area contributed by atoms with E-state index in [1.807, 2.05) is 0 Å². The van der Waals surface area contributed by atoms with Crippen LogP contribution in [0.3, 0.4) is 0 Å². The molecule has 20 heavy (non-hydrogen) atoms. The van der Waals surface area contributed by atoms with Gasteiger partial charge in [0.1, 0.15) is 11.3 Å². The van der Waals surface area contributed by atoms with Crippen molar-refractivity contribution in [3.63, 3.8) is 0 Å². The number of carboxylic acid groups (broad SMARTS) is 1. The summed E-state index contributed by atoms with van der Waals surface area (Å²) in [5.74, 6) is -0.619. The van der Waals surface area contributed by atoms with Gasteiger partial charge < -0.3 is 9.52 Å². The van der Waals surface area contributed by atoms with Gasteiger partial charge in [-0.2, -0.15) is 5.10 Å². The predicted molar refractivity (Wildman–Crippen MR) is 73.2 cm³/mol. The van der Waals surface area contributed by atoms with Crippen LogP contribution in [0.4, 0.5) is 0 Å². The van der Waals surface area contributed by atoms with E-state index in [1.165, 1.54) is 17.1 Å². The van der Waals surface area contributed by atoms with Crippen molar-refractivity contribution in [1.29, 1.82) is 0 Å². The van der Waals surface area contributed by atoms with Gasteiger partial charge in [0.2, 0.25) is 0 Å². The Morgan fingerprint density at radius 1 is 1.25 bits per heavy atom. The molecule has 0 aliphatic rings. The number of halogens is 1. The van der Waals surface area contributed by atoms with E-state index in [4.69, 9.17) is 16.0 Å². The van der Waals surface area contributed by atoms with E-state index in [2.05, 4.69) is 5.10 Å². The summed E-state index contributed by atoms with van der Waals surface area (Å²) in [5, 5.41) is 14.0. The number of benzene rings is 1. The van der Waals surface area contributed by atoms with Gasteiger partial charge in [-0.1, -0.05) is 11.6 Å². The lowest BCUT2D eigenvalue weighted by Crippen LogP contribution is -2.02. The van der Waals surface area contributed by atoms with E-state index in [0.717, 1.165) is 0 Å². The molecule has 0 bridgehead atoms. The van der Waals surface area contributed by atoms with Gasteiger partial charge in [0.25, 0.3) is 0 Å². The van der Waals surface area contributed by atoms with Crippen molar-refractivity contribution in [1.82, 2.24) is 9.78 Å².